The molecule has 0 aromatic heterocycles. The van der Waals surface area contributed by atoms with Gasteiger partial charge < -0.3 is 10.8 Å². The van der Waals surface area contributed by atoms with Gasteiger partial charge in [0.2, 0.25) is 0 Å². The Morgan fingerprint density at radius 2 is 1.27 bits per heavy atom. The van der Waals surface area contributed by atoms with Crippen LogP contribution in [0.1, 0.15) is 20.7 Å². The van der Waals surface area contributed by atoms with Gasteiger partial charge in [-0.25, -0.2) is 4.79 Å². The largest absolute Gasteiger partial charge is 0.477 e. The molecule has 0 bridgehead atoms. The van der Waals surface area contributed by atoms with Crippen LogP contribution in [0.3, 0.4) is 0 Å². The van der Waals surface area contributed by atoms with Crippen molar-refractivity contribution < 1.29 is 24.5 Å². The SMILES string of the molecule is NC(=O)c1ccc(Br)cc1[N+](=O)[O-].O=C(O)c1ccc(Br)cc1[N+](=O)[O-]. The maximum atomic E-state index is 10.7. The molecule has 3 N–H and O–H groups in total. The highest BCUT2D eigenvalue weighted by atomic mass is 79.9. The molecule has 0 spiro atoms. The lowest BCUT2D eigenvalue weighted by Crippen LogP contribution is -2.13. The Morgan fingerprint density at radius 3 is 1.62 bits per heavy atom. The van der Waals surface area contributed by atoms with Crippen molar-refractivity contribution in [1.82, 2.24) is 0 Å². The summed E-state index contributed by atoms with van der Waals surface area (Å²) in [5.41, 5.74) is 3.84. The molecule has 2 aromatic carbocycles. The smallest absolute Gasteiger partial charge is 0.342 e. The number of nitro benzene ring substituents is 2. The first-order valence-corrected chi connectivity index (χ1v) is 8.04. The van der Waals surface area contributed by atoms with Crippen molar-refractivity contribution in [3.05, 3.63) is 76.7 Å². The van der Waals surface area contributed by atoms with Crippen LogP contribution in [-0.4, -0.2) is 26.8 Å². The summed E-state index contributed by atoms with van der Waals surface area (Å²) >= 11 is 6.07. The molecule has 0 aliphatic heterocycles. The lowest BCUT2D eigenvalue weighted by atomic mass is 10.2. The van der Waals surface area contributed by atoms with Gasteiger partial charge in [0.1, 0.15) is 11.1 Å². The van der Waals surface area contributed by atoms with Crippen LogP contribution in [-0.2, 0) is 0 Å². The van der Waals surface area contributed by atoms with Crippen molar-refractivity contribution in [3.63, 3.8) is 0 Å². The van der Waals surface area contributed by atoms with Crippen LogP contribution in [0, 0.1) is 20.2 Å². The molecule has 12 heteroatoms. The van der Waals surface area contributed by atoms with Crippen molar-refractivity contribution in [2.45, 2.75) is 0 Å². The minimum absolute atomic E-state index is 0.0896. The lowest BCUT2D eigenvalue weighted by Gasteiger charge is -1.98. The number of primary amides is 1. The first-order valence-electron chi connectivity index (χ1n) is 6.45. The summed E-state index contributed by atoms with van der Waals surface area (Å²) in [6, 6.07) is 7.85. The first-order chi connectivity index (χ1) is 12.0. The molecule has 1 amide bonds. The molecule has 0 saturated carbocycles. The fraction of sp³-hybridized carbons (Fsp3) is 0. The van der Waals surface area contributed by atoms with E-state index in [-0.39, 0.29) is 16.8 Å². The van der Waals surface area contributed by atoms with Gasteiger partial charge in [-0.2, -0.15) is 0 Å². The normalized spacial score (nSPS) is 9.62. The summed E-state index contributed by atoms with van der Waals surface area (Å²) in [4.78, 5) is 40.7. The quantitative estimate of drug-likeness (QED) is 0.488. The van der Waals surface area contributed by atoms with Crippen LogP contribution in [0.2, 0.25) is 0 Å². The highest BCUT2D eigenvalue weighted by Crippen LogP contribution is 2.23. The third kappa shape index (κ3) is 5.60. The standard InChI is InChI=1S/C7H5BrN2O3.C7H4BrNO4/c8-4-1-2-5(7(9)11)6(3-4)10(12)13;8-4-1-2-5(7(10)11)6(3-4)9(12)13/h1-3H,(H2,9,11);1-3H,(H,10,11). The highest BCUT2D eigenvalue weighted by molar-refractivity contribution is 9.10. The molecule has 0 unspecified atom stereocenters. The molecule has 2 rings (SSSR count). The molecule has 136 valence electrons. The van der Waals surface area contributed by atoms with Crippen molar-refractivity contribution in [2.75, 3.05) is 0 Å². The van der Waals surface area contributed by atoms with Crippen molar-refractivity contribution >= 4 is 55.1 Å². The third-order valence-corrected chi connectivity index (χ3v) is 3.80. The van der Waals surface area contributed by atoms with E-state index in [4.69, 9.17) is 10.8 Å². The van der Waals surface area contributed by atoms with Crippen LogP contribution >= 0.6 is 31.9 Å². The predicted molar refractivity (Wildman–Crippen MR) is 97.1 cm³/mol. The van der Waals surface area contributed by atoms with Crippen LogP contribution in [0.4, 0.5) is 11.4 Å². The molecule has 0 saturated heterocycles. The Morgan fingerprint density at radius 1 is 0.885 bits per heavy atom. The number of nitrogens with zero attached hydrogens (tertiary/aromatic N) is 2. The molecule has 0 heterocycles. The second kappa shape index (κ2) is 9.01. The van der Waals surface area contributed by atoms with Crippen LogP contribution in [0.5, 0.6) is 0 Å². The zero-order chi connectivity index (χ0) is 20.0. The van der Waals surface area contributed by atoms with E-state index in [0.29, 0.717) is 8.95 Å². The maximum Gasteiger partial charge on any atom is 0.342 e. The van der Waals surface area contributed by atoms with E-state index in [2.05, 4.69) is 31.9 Å². The molecular formula is C14H9Br2N3O7. The number of nitro groups is 2. The van der Waals surface area contributed by atoms with Crippen LogP contribution in [0.25, 0.3) is 0 Å². The lowest BCUT2D eigenvalue weighted by molar-refractivity contribution is -0.385. The number of carbonyl (C=O) groups is 2. The fourth-order valence-corrected chi connectivity index (χ4v) is 2.40. The van der Waals surface area contributed by atoms with E-state index in [1.807, 2.05) is 0 Å². The Labute approximate surface area is 162 Å². The summed E-state index contributed by atoms with van der Waals surface area (Å²) in [5.74, 6) is -2.11. The van der Waals surface area contributed by atoms with E-state index in [0.717, 1.165) is 6.07 Å². The van der Waals surface area contributed by atoms with Crippen LogP contribution < -0.4 is 5.73 Å². The molecule has 10 nitrogen and oxygen atoms in total. The number of nitrogens with two attached hydrogens (primary N) is 1. The second-order valence-electron chi connectivity index (χ2n) is 4.51. The first kappa shape index (κ1) is 21.2. The van der Waals surface area contributed by atoms with Gasteiger partial charge in [0, 0.05) is 21.1 Å². The number of hydrogen-bond acceptors (Lipinski definition) is 6. The molecule has 0 aliphatic rings. The molecule has 2 aromatic rings. The average Bonchev–Trinajstić information content (AvgIpc) is 2.54. The molecular weight excluding hydrogens is 482 g/mol. The minimum Gasteiger partial charge on any atom is -0.477 e. The van der Waals surface area contributed by atoms with Crippen molar-refractivity contribution in [2.24, 2.45) is 5.73 Å². The Kier molecular flexibility index (Phi) is 7.34. The zero-order valence-electron chi connectivity index (χ0n) is 12.6. The van der Waals surface area contributed by atoms with Gasteiger partial charge in [-0.15, -0.1) is 0 Å². The number of carboxylic acid groups (broad SMARTS) is 1. The highest BCUT2D eigenvalue weighted by Gasteiger charge is 2.19. The molecule has 0 atom stereocenters. The van der Waals surface area contributed by atoms with Crippen LogP contribution in [0.15, 0.2) is 45.3 Å². The van der Waals surface area contributed by atoms with Gasteiger partial charge in [-0.3, -0.25) is 25.0 Å². The van der Waals surface area contributed by atoms with Gasteiger partial charge in [-0.05, 0) is 24.3 Å². The van der Waals surface area contributed by atoms with E-state index in [9.17, 15) is 29.8 Å². The summed E-state index contributed by atoms with van der Waals surface area (Å²) in [7, 11) is 0. The van der Waals surface area contributed by atoms with Gasteiger partial charge in [0.15, 0.2) is 0 Å². The number of amides is 1. The third-order valence-electron chi connectivity index (χ3n) is 2.81. The van der Waals surface area contributed by atoms with E-state index >= 15 is 0 Å². The van der Waals surface area contributed by atoms with E-state index in [1.54, 1.807) is 0 Å². The van der Waals surface area contributed by atoms with Gasteiger partial charge in [-0.1, -0.05) is 31.9 Å². The number of hydrogen-bond donors (Lipinski definition) is 2. The molecule has 0 fully saturated rings. The average molecular weight is 491 g/mol. The van der Waals surface area contributed by atoms with Gasteiger partial charge in [0.05, 0.1) is 9.85 Å². The fourth-order valence-electron chi connectivity index (χ4n) is 1.70. The van der Waals surface area contributed by atoms with Gasteiger partial charge >= 0.3 is 5.97 Å². The van der Waals surface area contributed by atoms with E-state index < -0.39 is 27.4 Å². The Bertz CT molecular complexity index is 829. The van der Waals surface area contributed by atoms with Crippen molar-refractivity contribution in [1.29, 1.82) is 0 Å². The molecule has 0 radical (unpaired) electrons. The summed E-state index contributed by atoms with van der Waals surface area (Å²) in [5, 5.41) is 29.4. The maximum absolute atomic E-state index is 10.7. The number of carboxylic acids is 1. The topological polar surface area (TPSA) is 167 Å². The summed E-state index contributed by atoms with van der Waals surface area (Å²) in [6.45, 7) is 0. The molecule has 26 heavy (non-hydrogen) atoms. The Balaban J connectivity index is 0.000000260. The Hall–Kier alpha value is -2.86. The second-order valence-corrected chi connectivity index (χ2v) is 6.34. The van der Waals surface area contributed by atoms with Gasteiger partial charge in [0.25, 0.3) is 17.3 Å². The number of halogens is 2. The van der Waals surface area contributed by atoms with Crippen molar-refractivity contribution in [3.8, 4) is 0 Å². The zero-order valence-corrected chi connectivity index (χ0v) is 15.8. The minimum atomic E-state index is -1.31. The predicted octanol–water partition coefficient (Wildman–Crippen LogP) is 3.51. The molecule has 0 aliphatic carbocycles. The number of aromatic carboxylic acids is 1. The summed E-state index contributed by atoms with van der Waals surface area (Å²) < 4.78 is 1.01. The van der Waals surface area contributed by atoms with E-state index in [1.165, 1.54) is 30.3 Å². The number of benzene rings is 2. The summed E-state index contributed by atoms with van der Waals surface area (Å²) in [6.07, 6.45) is 0. The number of carbonyl (C=O) groups excluding carboxylic acids is 1. The monoisotopic (exact) mass is 489 g/mol. The number of rotatable bonds is 4.